The summed E-state index contributed by atoms with van der Waals surface area (Å²) in [5, 5.41) is 3.18. The van der Waals surface area contributed by atoms with Gasteiger partial charge in [-0.25, -0.2) is 0 Å². The van der Waals surface area contributed by atoms with Crippen LogP contribution < -0.4 is 10.2 Å². The lowest BCUT2D eigenvalue weighted by Crippen LogP contribution is -2.12. The van der Waals surface area contributed by atoms with Gasteiger partial charge in [0.15, 0.2) is 0 Å². The quantitative estimate of drug-likeness (QED) is 0.776. The molecule has 1 aliphatic rings. The smallest absolute Gasteiger partial charge is 0.0397 e. The molecule has 0 saturated heterocycles. The van der Waals surface area contributed by atoms with Gasteiger partial charge >= 0.3 is 0 Å². The SMILES string of the molecule is CNCCc1ccc2c(c1)CCN2C. The van der Waals surface area contributed by atoms with Crippen molar-refractivity contribution in [3.8, 4) is 0 Å². The van der Waals surface area contributed by atoms with E-state index >= 15 is 0 Å². The summed E-state index contributed by atoms with van der Waals surface area (Å²) >= 11 is 0. The molecule has 1 heterocycles. The van der Waals surface area contributed by atoms with Crippen LogP contribution in [0.2, 0.25) is 0 Å². The molecule has 2 rings (SSSR count). The van der Waals surface area contributed by atoms with Gasteiger partial charge in [-0.3, -0.25) is 0 Å². The van der Waals surface area contributed by atoms with Crippen molar-refractivity contribution in [3.63, 3.8) is 0 Å². The molecule has 0 amide bonds. The summed E-state index contributed by atoms with van der Waals surface area (Å²) in [6.45, 7) is 2.24. The molecule has 2 heteroatoms. The highest BCUT2D eigenvalue weighted by Crippen LogP contribution is 2.27. The van der Waals surface area contributed by atoms with Gasteiger partial charge in [-0.1, -0.05) is 12.1 Å². The Bertz CT molecular complexity index is 320. The van der Waals surface area contributed by atoms with Crippen LogP contribution in [-0.4, -0.2) is 27.2 Å². The molecule has 0 bridgehead atoms. The number of rotatable bonds is 3. The Morgan fingerprint density at radius 3 is 3.07 bits per heavy atom. The zero-order chi connectivity index (χ0) is 9.97. The van der Waals surface area contributed by atoms with Crippen LogP contribution in [0.15, 0.2) is 18.2 Å². The highest BCUT2D eigenvalue weighted by molar-refractivity contribution is 5.58. The lowest BCUT2D eigenvalue weighted by Gasteiger charge is -2.12. The number of fused-ring (bicyclic) bond motifs is 1. The maximum absolute atomic E-state index is 3.18. The van der Waals surface area contributed by atoms with E-state index in [4.69, 9.17) is 0 Å². The van der Waals surface area contributed by atoms with Crippen LogP contribution in [0, 0.1) is 0 Å². The van der Waals surface area contributed by atoms with Crippen molar-refractivity contribution in [2.75, 3.05) is 32.1 Å². The number of likely N-dealkylation sites (N-methyl/N-ethyl adjacent to an activating group) is 2. The van der Waals surface area contributed by atoms with Crippen LogP contribution in [0.3, 0.4) is 0 Å². The van der Waals surface area contributed by atoms with Gasteiger partial charge in [0.2, 0.25) is 0 Å². The van der Waals surface area contributed by atoms with Crippen molar-refractivity contribution in [3.05, 3.63) is 29.3 Å². The summed E-state index contributed by atoms with van der Waals surface area (Å²) in [7, 11) is 4.17. The number of hydrogen-bond acceptors (Lipinski definition) is 2. The maximum atomic E-state index is 3.18. The molecule has 1 N–H and O–H groups in total. The van der Waals surface area contributed by atoms with Gasteiger partial charge in [0.25, 0.3) is 0 Å². The van der Waals surface area contributed by atoms with Gasteiger partial charge in [-0.05, 0) is 43.6 Å². The molecular formula is C12H18N2. The van der Waals surface area contributed by atoms with E-state index in [1.165, 1.54) is 29.8 Å². The lowest BCUT2D eigenvalue weighted by molar-refractivity contribution is 0.791. The summed E-state index contributed by atoms with van der Waals surface area (Å²) < 4.78 is 0. The first-order chi connectivity index (χ1) is 6.81. The second kappa shape index (κ2) is 4.01. The average molecular weight is 190 g/mol. The molecule has 1 aromatic carbocycles. The van der Waals surface area contributed by atoms with Crippen molar-refractivity contribution >= 4 is 5.69 Å². The Morgan fingerprint density at radius 1 is 1.43 bits per heavy atom. The highest BCUT2D eigenvalue weighted by atomic mass is 15.1. The van der Waals surface area contributed by atoms with Gasteiger partial charge in [-0.15, -0.1) is 0 Å². The van der Waals surface area contributed by atoms with Crippen molar-refractivity contribution in [1.82, 2.24) is 5.32 Å². The molecular weight excluding hydrogens is 172 g/mol. The predicted molar refractivity (Wildman–Crippen MR) is 61.0 cm³/mol. The largest absolute Gasteiger partial charge is 0.374 e. The molecule has 0 unspecified atom stereocenters. The molecule has 2 nitrogen and oxygen atoms in total. The van der Waals surface area contributed by atoms with E-state index < -0.39 is 0 Å². The van der Waals surface area contributed by atoms with Crippen molar-refractivity contribution in [2.45, 2.75) is 12.8 Å². The van der Waals surface area contributed by atoms with Crippen LogP contribution in [0.25, 0.3) is 0 Å². The van der Waals surface area contributed by atoms with E-state index in [1.807, 2.05) is 7.05 Å². The number of benzene rings is 1. The number of hydrogen-bond donors (Lipinski definition) is 1. The highest BCUT2D eigenvalue weighted by Gasteiger charge is 2.14. The Hall–Kier alpha value is -1.02. The van der Waals surface area contributed by atoms with Gasteiger partial charge in [0, 0.05) is 19.3 Å². The van der Waals surface area contributed by atoms with Gasteiger partial charge in [-0.2, -0.15) is 0 Å². The van der Waals surface area contributed by atoms with Gasteiger partial charge < -0.3 is 10.2 Å². The van der Waals surface area contributed by atoms with Crippen molar-refractivity contribution in [2.24, 2.45) is 0 Å². The van der Waals surface area contributed by atoms with E-state index in [2.05, 4.69) is 35.5 Å². The maximum Gasteiger partial charge on any atom is 0.0397 e. The first-order valence-electron chi connectivity index (χ1n) is 5.29. The third-order valence-corrected chi connectivity index (χ3v) is 2.94. The molecule has 14 heavy (non-hydrogen) atoms. The second-order valence-electron chi connectivity index (χ2n) is 3.99. The van der Waals surface area contributed by atoms with E-state index in [0.717, 1.165) is 13.0 Å². The summed E-state index contributed by atoms with van der Waals surface area (Å²) in [5.74, 6) is 0. The topological polar surface area (TPSA) is 15.3 Å². The van der Waals surface area contributed by atoms with E-state index in [1.54, 1.807) is 0 Å². The fraction of sp³-hybridized carbons (Fsp3) is 0.500. The average Bonchev–Trinajstić information content (AvgIpc) is 2.57. The molecule has 1 aromatic rings. The second-order valence-corrected chi connectivity index (χ2v) is 3.99. The minimum Gasteiger partial charge on any atom is -0.374 e. The van der Waals surface area contributed by atoms with Crippen LogP contribution in [0.5, 0.6) is 0 Å². The summed E-state index contributed by atoms with van der Waals surface area (Å²) in [5.41, 5.74) is 4.38. The minimum atomic E-state index is 1.06. The van der Waals surface area contributed by atoms with Crippen LogP contribution in [0.4, 0.5) is 5.69 Å². The molecule has 1 aliphatic heterocycles. The number of nitrogens with one attached hydrogen (secondary N) is 1. The summed E-state index contributed by atoms with van der Waals surface area (Å²) in [6.07, 6.45) is 2.34. The molecule has 0 aromatic heterocycles. The monoisotopic (exact) mass is 190 g/mol. The van der Waals surface area contributed by atoms with Crippen LogP contribution in [-0.2, 0) is 12.8 Å². The molecule has 76 valence electrons. The predicted octanol–water partition coefficient (Wildman–Crippen LogP) is 1.44. The molecule has 0 aliphatic carbocycles. The zero-order valence-electron chi connectivity index (χ0n) is 9.01. The van der Waals surface area contributed by atoms with Crippen molar-refractivity contribution < 1.29 is 0 Å². The van der Waals surface area contributed by atoms with E-state index in [0.29, 0.717) is 0 Å². The molecule has 0 spiro atoms. The van der Waals surface area contributed by atoms with Crippen LogP contribution in [0.1, 0.15) is 11.1 Å². The zero-order valence-corrected chi connectivity index (χ0v) is 9.01. The Labute approximate surface area is 85.9 Å². The van der Waals surface area contributed by atoms with Crippen LogP contribution >= 0.6 is 0 Å². The normalized spacial score (nSPS) is 14.6. The molecule has 0 atom stereocenters. The lowest BCUT2D eigenvalue weighted by atomic mass is 10.1. The Morgan fingerprint density at radius 2 is 2.29 bits per heavy atom. The minimum absolute atomic E-state index is 1.06. The van der Waals surface area contributed by atoms with Gasteiger partial charge in [0.05, 0.1) is 0 Å². The molecule has 0 radical (unpaired) electrons. The Kier molecular flexibility index (Phi) is 2.73. The van der Waals surface area contributed by atoms with Gasteiger partial charge in [0.1, 0.15) is 0 Å². The fourth-order valence-corrected chi connectivity index (χ4v) is 2.04. The third kappa shape index (κ3) is 1.75. The number of anilines is 1. The molecule has 0 fully saturated rings. The molecule has 0 saturated carbocycles. The fourth-order valence-electron chi connectivity index (χ4n) is 2.04. The van der Waals surface area contributed by atoms with E-state index in [9.17, 15) is 0 Å². The summed E-state index contributed by atoms with van der Waals surface area (Å²) in [6, 6.07) is 6.86. The standard InChI is InChI=1S/C12H18N2/c1-13-7-5-10-3-4-12-11(9-10)6-8-14(12)2/h3-4,9,13H,5-8H2,1-2H3. The van der Waals surface area contributed by atoms with E-state index in [-0.39, 0.29) is 0 Å². The number of nitrogens with zero attached hydrogens (tertiary/aromatic N) is 1. The summed E-state index contributed by atoms with van der Waals surface area (Å²) in [4.78, 5) is 2.33. The Balaban J connectivity index is 2.15. The first kappa shape index (κ1) is 9.53. The first-order valence-corrected chi connectivity index (χ1v) is 5.29. The third-order valence-electron chi connectivity index (χ3n) is 2.94. The van der Waals surface area contributed by atoms with Crippen molar-refractivity contribution in [1.29, 1.82) is 0 Å².